The van der Waals surface area contributed by atoms with E-state index in [-0.39, 0.29) is 12.5 Å². The molecule has 6 heteroatoms. The molecule has 0 atom stereocenters. The number of carbonyl (C=O) groups excluding carboxylic acids is 2. The number of rotatable bonds is 5. The molecular weight excluding hydrogens is 356 g/mol. The van der Waals surface area contributed by atoms with E-state index >= 15 is 0 Å². The Morgan fingerprint density at radius 3 is 2.64 bits per heavy atom. The van der Waals surface area contributed by atoms with Gasteiger partial charge in [0.05, 0.1) is 0 Å². The first-order valence-electron chi connectivity index (χ1n) is 9.43. The predicted octanol–water partition coefficient (Wildman–Crippen LogP) is 3.07. The fourth-order valence-corrected chi connectivity index (χ4v) is 3.48. The smallest absolute Gasteiger partial charge is 0.312 e. The van der Waals surface area contributed by atoms with Crippen molar-refractivity contribution in [1.82, 2.24) is 5.32 Å². The van der Waals surface area contributed by atoms with Crippen LogP contribution >= 0.6 is 0 Å². The maximum absolute atomic E-state index is 13.2. The fourth-order valence-electron chi connectivity index (χ4n) is 3.48. The van der Waals surface area contributed by atoms with Crippen molar-refractivity contribution in [3.8, 4) is 0 Å². The second-order valence-electron chi connectivity index (χ2n) is 7.03. The quantitative estimate of drug-likeness (QED) is 0.781. The van der Waals surface area contributed by atoms with Crippen molar-refractivity contribution in [3.63, 3.8) is 0 Å². The Kier molecular flexibility index (Phi) is 6.09. The van der Waals surface area contributed by atoms with Crippen LogP contribution in [0.15, 0.2) is 42.5 Å². The molecule has 0 radical (unpaired) electrons. The SMILES string of the molecule is Cc1cc(C(=O)N2CCCCc3ccccc32)ccc1CNC(=O)CC(=O)O. The van der Waals surface area contributed by atoms with Gasteiger partial charge in [0.15, 0.2) is 0 Å². The number of carboxylic acid groups (broad SMARTS) is 1. The van der Waals surface area contributed by atoms with E-state index in [2.05, 4.69) is 11.4 Å². The lowest BCUT2D eigenvalue weighted by atomic mass is 10.0. The molecule has 1 heterocycles. The Morgan fingerprint density at radius 1 is 1.11 bits per heavy atom. The van der Waals surface area contributed by atoms with E-state index in [0.29, 0.717) is 12.1 Å². The van der Waals surface area contributed by atoms with Crippen LogP contribution in [0.3, 0.4) is 0 Å². The summed E-state index contributed by atoms with van der Waals surface area (Å²) >= 11 is 0. The minimum absolute atomic E-state index is 0.0288. The summed E-state index contributed by atoms with van der Waals surface area (Å²) in [6, 6.07) is 13.4. The summed E-state index contributed by atoms with van der Waals surface area (Å²) < 4.78 is 0. The first kappa shape index (κ1) is 19.6. The molecule has 0 bridgehead atoms. The summed E-state index contributed by atoms with van der Waals surface area (Å²) in [4.78, 5) is 37.1. The topological polar surface area (TPSA) is 86.7 Å². The summed E-state index contributed by atoms with van der Waals surface area (Å²) in [5.41, 5.74) is 4.52. The molecule has 0 aromatic heterocycles. The van der Waals surface area contributed by atoms with Crippen LogP contribution in [-0.4, -0.2) is 29.4 Å². The summed E-state index contributed by atoms with van der Waals surface area (Å²) in [5, 5.41) is 11.2. The number of nitrogens with one attached hydrogen (secondary N) is 1. The molecule has 0 saturated carbocycles. The van der Waals surface area contributed by atoms with Crippen molar-refractivity contribution in [3.05, 3.63) is 64.7 Å². The van der Waals surface area contributed by atoms with Gasteiger partial charge in [-0.25, -0.2) is 0 Å². The molecule has 0 saturated heterocycles. The zero-order valence-corrected chi connectivity index (χ0v) is 15.9. The summed E-state index contributed by atoms with van der Waals surface area (Å²) in [6.07, 6.45) is 2.46. The Morgan fingerprint density at radius 2 is 1.89 bits per heavy atom. The lowest BCUT2D eigenvalue weighted by Crippen LogP contribution is -2.32. The van der Waals surface area contributed by atoms with Crippen molar-refractivity contribution < 1.29 is 19.5 Å². The summed E-state index contributed by atoms with van der Waals surface area (Å²) in [5.74, 6) is -1.72. The molecule has 0 unspecified atom stereocenters. The van der Waals surface area contributed by atoms with Gasteiger partial charge in [-0.3, -0.25) is 14.4 Å². The molecule has 2 N–H and O–H groups in total. The Bertz CT molecular complexity index is 907. The third kappa shape index (κ3) is 4.57. The minimum Gasteiger partial charge on any atom is -0.481 e. The number of para-hydroxylation sites is 1. The molecule has 28 heavy (non-hydrogen) atoms. The molecule has 1 aliphatic heterocycles. The van der Waals surface area contributed by atoms with Crippen LogP contribution in [0.5, 0.6) is 0 Å². The van der Waals surface area contributed by atoms with Crippen molar-refractivity contribution in [2.75, 3.05) is 11.4 Å². The molecule has 3 rings (SSSR count). The molecule has 0 aliphatic carbocycles. The highest BCUT2D eigenvalue weighted by Crippen LogP contribution is 2.27. The molecule has 1 aliphatic rings. The zero-order valence-electron chi connectivity index (χ0n) is 15.9. The Balaban J connectivity index is 1.75. The van der Waals surface area contributed by atoms with Gasteiger partial charge in [-0.05, 0) is 61.1 Å². The van der Waals surface area contributed by atoms with Gasteiger partial charge in [0.1, 0.15) is 6.42 Å². The van der Waals surface area contributed by atoms with Crippen LogP contribution in [0.4, 0.5) is 5.69 Å². The van der Waals surface area contributed by atoms with E-state index < -0.39 is 18.3 Å². The van der Waals surface area contributed by atoms with Crippen molar-refractivity contribution in [2.24, 2.45) is 0 Å². The molecule has 6 nitrogen and oxygen atoms in total. The number of carbonyl (C=O) groups is 3. The number of amides is 2. The maximum Gasteiger partial charge on any atom is 0.312 e. The highest BCUT2D eigenvalue weighted by Gasteiger charge is 2.22. The number of hydrogen-bond donors (Lipinski definition) is 2. The number of benzene rings is 2. The number of nitrogens with zero attached hydrogens (tertiary/aromatic N) is 1. The van der Waals surface area contributed by atoms with E-state index in [0.717, 1.165) is 36.1 Å². The van der Waals surface area contributed by atoms with Gasteiger partial charge in [0.25, 0.3) is 5.91 Å². The van der Waals surface area contributed by atoms with E-state index in [1.165, 1.54) is 5.56 Å². The van der Waals surface area contributed by atoms with E-state index in [4.69, 9.17) is 5.11 Å². The van der Waals surface area contributed by atoms with Crippen LogP contribution in [0, 0.1) is 6.92 Å². The van der Waals surface area contributed by atoms with Crippen LogP contribution in [-0.2, 0) is 22.6 Å². The maximum atomic E-state index is 13.2. The first-order chi connectivity index (χ1) is 13.5. The fraction of sp³-hybridized carbons (Fsp3) is 0.318. The first-order valence-corrected chi connectivity index (χ1v) is 9.43. The molecule has 0 fully saturated rings. The Hall–Kier alpha value is -3.15. The van der Waals surface area contributed by atoms with Crippen molar-refractivity contribution >= 4 is 23.5 Å². The highest BCUT2D eigenvalue weighted by atomic mass is 16.4. The molecule has 2 aromatic carbocycles. The second kappa shape index (κ2) is 8.69. The molecule has 146 valence electrons. The third-order valence-electron chi connectivity index (χ3n) is 4.98. The second-order valence-corrected chi connectivity index (χ2v) is 7.03. The monoisotopic (exact) mass is 380 g/mol. The molecular formula is C22H24N2O4. The van der Waals surface area contributed by atoms with Crippen molar-refractivity contribution in [1.29, 1.82) is 0 Å². The van der Waals surface area contributed by atoms with Crippen LogP contribution in [0.1, 0.15) is 46.3 Å². The van der Waals surface area contributed by atoms with E-state index in [1.807, 2.05) is 42.2 Å². The predicted molar refractivity (Wildman–Crippen MR) is 106 cm³/mol. The number of anilines is 1. The highest BCUT2D eigenvalue weighted by molar-refractivity contribution is 6.06. The summed E-state index contributed by atoms with van der Waals surface area (Å²) in [7, 11) is 0. The van der Waals surface area contributed by atoms with Crippen LogP contribution in [0.2, 0.25) is 0 Å². The molecule has 2 amide bonds. The van der Waals surface area contributed by atoms with E-state index in [9.17, 15) is 14.4 Å². The van der Waals surface area contributed by atoms with Gasteiger partial charge in [0, 0.05) is 24.3 Å². The van der Waals surface area contributed by atoms with Gasteiger partial charge < -0.3 is 15.3 Å². The number of aliphatic carboxylic acids is 1. The van der Waals surface area contributed by atoms with Crippen molar-refractivity contribution in [2.45, 2.75) is 39.2 Å². The average molecular weight is 380 g/mol. The normalized spacial score (nSPS) is 13.4. The Labute approximate surface area is 164 Å². The molecule has 0 spiro atoms. The van der Waals surface area contributed by atoms with Crippen LogP contribution < -0.4 is 10.2 Å². The summed E-state index contributed by atoms with van der Waals surface area (Å²) in [6.45, 7) is 2.81. The number of carboxylic acids is 1. The number of hydrogen-bond acceptors (Lipinski definition) is 3. The lowest BCUT2D eigenvalue weighted by molar-refractivity contribution is -0.140. The average Bonchev–Trinajstić information content (AvgIpc) is 2.88. The van der Waals surface area contributed by atoms with Gasteiger partial charge in [-0.1, -0.05) is 24.3 Å². The standard InChI is InChI=1S/C22H24N2O4/c1-15-12-17(9-10-18(15)14-23-20(25)13-21(26)27)22(28)24-11-5-4-7-16-6-2-3-8-19(16)24/h2-3,6,8-10,12H,4-5,7,11,13-14H2,1H3,(H,23,25)(H,26,27). The van der Waals surface area contributed by atoms with Crippen LogP contribution in [0.25, 0.3) is 0 Å². The zero-order chi connectivity index (χ0) is 20.1. The largest absolute Gasteiger partial charge is 0.481 e. The lowest BCUT2D eigenvalue weighted by Gasteiger charge is -2.23. The third-order valence-corrected chi connectivity index (χ3v) is 4.98. The number of aryl methyl sites for hydroxylation is 2. The van der Waals surface area contributed by atoms with E-state index in [1.54, 1.807) is 6.07 Å². The van der Waals surface area contributed by atoms with Gasteiger partial charge in [0.2, 0.25) is 5.91 Å². The van der Waals surface area contributed by atoms with Gasteiger partial charge in [-0.2, -0.15) is 0 Å². The minimum atomic E-state index is -1.16. The van der Waals surface area contributed by atoms with Gasteiger partial charge in [-0.15, -0.1) is 0 Å². The number of fused-ring (bicyclic) bond motifs is 1. The molecule has 2 aromatic rings. The van der Waals surface area contributed by atoms with Gasteiger partial charge >= 0.3 is 5.97 Å².